The van der Waals surface area contributed by atoms with E-state index in [2.05, 4.69) is 42.4 Å². The van der Waals surface area contributed by atoms with Gasteiger partial charge in [-0.15, -0.1) is 12.6 Å². The van der Waals surface area contributed by atoms with Crippen LogP contribution < -0.4 is 30.2 Å². The van der Waals surface area contributed by atoms with E-state index in [1.807, 2.05) is 0 Å². The molecule has 0 spiro atoms. The summed E-state index contributed by atoms with van der Waals surface area (Å²) >= 11 is 4.38. The number of methoxy groups -OCH3 is 3. The molecule has 3 N–H and O–H groups in total. The van der Waals surface area contributed by atoms with E-state index in [0.717, 1.165) is 18.4 Å². The Hall–Kier alpha value is -1.90. The maximum atomic E-state index is 12.4. The van der Waals surface area contributed by atoms with Crippen LogP contribution in [0.4, 0.5) is 0 Å². The van der Waals surface area contributed by atoms with Crippen LogP contribution in [-0.4, -0.2) is 45.9 Å². The van der Waals surface area contributed by atoms with Gasteiger partial charge in [0.25, 0.3) is 0 Å². The molecule has 158 valence electrons. The number of carbonyl (C=O) groups is 1. The van der Waals surface area contributed by atoms with Crippen LogP contribution >= 0.6 is 12.6 Å². The van der Waals surface area contributed by atoms with Crippen molar-refractivity contribution >= 4 is 24.6 Å². The first-order valence-electron chi connectivity index (χ1n) is 9.24. The third kappa shape index (κ3) is 8.00. The van der Waals surface area contributed by atoms with Gasteiger partial charge in [0.1, 0.15) is 5.50 Å². The van der Waals surface area contributed by atoms with Crippen LogP contribution in [-0.2, 0) is 4.79 Å². The summed E-state index contributed by atoms with van der Waals surface area (Å²) in [5.41, 5.74) is 0.551. The Labute approximate surface area is 173 Å². The van der Waals surface area contributed by atoms with E-state index in [4.69, 9.17) is 14.2 Å². The number of ether oxygens (including phenoxy) is 3. The Morgan fingerprint density at radius 2 is 1.71 bits per heavy atom. The van der Waals surface area contributed by atoms with Crippen molar-refractivity contribution in [1.29, 1.82) is 0 Å². The second-order valence-electron chi connectivity index (χ2n) is 6.68. The predicted octanol–water partition coefficient (Wildman–Crippen LogP) is 2.63. The Kier molecular flexibility index (Phi) is 10.8. The molecule has 2 unspecified atom stereocenters. The lowest BCUT2D eigenvalue weighted by Gasteiger charge is -2.24. The van der Waals surface area contributed by atoms with Crippen molar-refractivity contribution in [2.24, 2.45) is 5.92 Å². The molecule has 1 aromatic carbocycles. The third-order valence-electron chi connectivity index (χ3n) is 4.10. The molecule has 0 aromatic heterocycles. The number of benzene rings is 1. The lowest BCUT2D eigenvalue weighted by molar-refractivity contribution is -0.117. The minimum Gasteiger partial charge on any atom is -0.493 e. The fraction of sp³-hybridized carbons (Fsp3) is 0.550. The minimum atomic E-state index is -0.212. The largest absolute Gasteiger partial charge is 0.493 e. The Morgan fingerprint density at radius 1 is 1.11 bits per heavy atom. The molecule has 1 rings (SSSR count). The predicted molar refractivity (Wildman–Crippen MR) is 116 cm³/mol. The second-order valence-corrected chi connectivity index (χ2v) is 7.20. The van der Waals surface area contributed by atoms with E-state index < -0.39 is 0 Å². The SMILES string of the molecule is CNC(S)NC(CCC(C)C)NC(=O)/C=C/c1cc(OC)c(OC)c(OC)c1. The molecular weight excluding hydrogens is 378 g/mol. The van der Waals surface area contributed by atoms with Crippen molar-refractivity contribution in [2.45, 2.75) is 38.4 Å². The number of hydrogen-bond acceptors (Lipinski definition) is 7. The standard InChI is InChI=1S/C20H33N3O4S/c1-13(2)7-9-17(23-20(28)21-3)22-18(24)10-8-14-11-15(25-4)19(27-6)16(12-14)26-5/h8,10-13,17,20-21,23,28H,7,9H2,1-6H3,(H,22,24)/b10-8+. The molecule has 1 amide bonds. The van der Waals surface area contributed by atoms with E-state index in [0.29, 0.717) is 23.2 Å². The second kappa shape index (κ2) is 12.5. The number of hydrogen-bond donors (Lipinski definition) is 4. The molecule has 7 nitrogen and oxygen atoms in total. The zero-order valence-electron chi connectivity index (χ0n) is 17.5. The summed E-state index contributed by atoms with van der Waals surface area (Å²) < 4.78 is 16.0. The van der Waals surface area contributed by atoms with Gasteiger partial charge in [0, 0.05) is 6.08 Å². The summed E-state index contributed by atoms with van der Waals surface area (Å²) in [5, 5.41) is 9.20. The first-order chi connectivity index (χ1) is 13.3. The smallest absolute Gasteiger partial charge is 0.245 e. The molecule has 1 aromatic rings. The van der Waals surface area contributed by atoms with Gasteiger partial charge in [-0.2, -0.15) is 0 Å². The number of thiol groups is 1. The first-order valence-corrected chi connectivity index (χ1v) is 9.76. The molecule has 0 bridgehead atoms. The van der Waals surface area contributed by atoms with Gasteiger partial charge in [-0.05, 0) is 49.6 Å². The van der Waals surface area contributed by atoms with Crippen molar-refractivity contribution in [2.75, 3.05) is 28.4 Å². The van der Waals surface area contributed by atoms with Crippen LogP contribution in [0.1, 0.15) is 32.3 Å². The Morgan fingerprint density at radius 3 is 2.18 bits per heavy atom. The van der Waals surface area contributed by atoms with Gasteiger partial charge in [-0.25, -0.2) is 0 Å². The Bertz CT molecular complexity index is 627. The molecule has 0 fully saturated rings. The average molecular weight is 412 g/mol. The lowest BCUT2D eigenvalue weighted by atomic mass is 10.1. The van der Waals surface area contributed by atoms with Gasteiger partial charge in [0.05, 0.1) is 27.5 Å². The molecule has 0 aliphatic heterocycles. The monoisotopic (exact) mass is 411 g/mol. The molecule has 8 heteroatoms. The van der Waals surface area contributed by atoms with Crippen LogP contribution in [0.2, 0.25) is 0 Å². The van der Waals surface area contributed by atoms with E-state index in [9.17, 15) is 4.79 Å². The van der Waals surface area contributed by atoms with Crippen molar-refractivity contribution in [3.63, 3.8) is 0 Å². The van der Waals surface area contributed by atoms with E-state index >= 15 is 0 Å². The minimum absolute atomic E-state index is 0.186. The van der Waals surface area contributed by atoms with Gasteiger partial charge in [-0.3, -0.25) is 15.4 Å². The highest BCUT2D eigenvalue weighted by atomic mass is 32.1. The van der Waals surface area contributed by atoms with Gasteiger partial charge in [-0.1, -0.05) is 13.8 Å². The third-order valence-corrected chi connectivity index (χ3v) is 4.50. The van der Waals surface area contributed by atoms with Crippen LogP contribution in [0, 0.1) is 5.92 Å². The molecule has 0 aliphatic rings. The quantitative estimate of drug-likeness (QED) is 0.241. The van der Waals surface area contributed by atoms with Gasteiger partial charge >= 0.3 is 0 Å². The van der Waals surface area contributed by atoms with E-state index in [1.165, 1.54) is 6.08 Å². The van der Waals surface area contributed by atoms with Crippen molar-refractivity contribution in [1.82, 2.24) is 16.0 Å². The van der Waals surface area contributed by atoms with Gasteiger partial charge < -0.3 is 19.5 Å². The average Bonchev–Trinajstić information content (AvgIpc) is 2.69. The molecule has 2 atom stereocenters. The van der Waals surface area contributed by atoms with Crippen LogP contribution in [0.3, 0.4) is 0 Å². The van der Waals surface area contributed by atoms with Gasteiger partial charge in [0.15, 0.2) is 11.5 Å². The number of rotatable bonds is 12. The first kappa shape index (κ1) is 24.1. The van der Waals surface area contributed by atoms with Crippen molar-refractivity contribution < 1.29 is 19.0 Å². The van der Waals surface area contributed by atoms with E-state index in [-0.39, 0.29) is 17.6 Å². The summed E-state index contributed by atoms with van der Waals surface area (Å²) in [4.78, 5) is 12.4. The molecule has 0 saturated heterocycles. The summed E-state index contributed by atoms with van der Waals surface area (Å²) in [6.07, 6.45) is 4.79. The summed E-state index contributed by atoms with van der Waals surface area (Å²) in [6, 6.07) is 3.56. The summed E-state index contributed by atoms with van der Waals surface area (Å²) in [5.74, 6) is 1.92. The molecular formula is C20H33N3O4S. The van der Waals surface area contributed by atoms with Crippen molar-refractivity contribution in [3.05, 3.63) is 23.8 Å². The highest BCUT2D eigenvalue weighted by Gasteiger charge is 2.15. The normalized spacial score (nSPS) is 13.4. The fourth-order valence-corrected chi connectivity index (χ4v) is 2.74. The maximum absolute atomic E-state index is 12.4. The molecule has 0 radical (unpaired) electrons. The number of carbonyl (C=O) groups excluding carboxylic acids is 1. The van der Waals surface area contributed by atoms with Crippen molar-refractivity contribution in [3.8, 4) is 17.2 Å². The van der Waals surface area contributed by atoms with Crippen LogP contribution in [0.15, 0.2) is 18.2 Å². The lowest BCUT2D eigenvalue weighted by Crippen LogP contribution is -2.51. The topological polar surface area (TPSA) is 80.9 Å². The highest BCUT2D eigenvalue weighted by molar-refractivity contribution is 7.80. The highest BCUT2D eigenvalue weighted by Crippen LogP contribution is 2.38. The van der Waals surface area contributed by atoms with Gasteiger partial charge in [0.2, 0.25) is 11.7 Å². The summed E-state index contributed by atoms with van der Waals surface area (Å²) in [7, 11) is 6.46. The van der Waals surface area contributed by atoms with E-state index in [1.54, 1.807) is 46.6 Å². The fourth-order valence-electron chi connectivity index (χ4n) is 2.56. The Balaban J connectivity index is 2.87. The number of amides is 1. The molecule has 0 heterocycles. The number of nitrogens with one attached hydrogen (secondary N) is 3. The van der Waals surface area contributed by atoms with Crippen LogP contribution in [0.25, 0.3) is 6.08 Å². The zero-order chi connectivity index (χ0) is 21.1. The molecule has 28 heavy (non-hydrogen) atoms. The molecule has 0 saturated carbocycles. The zero-order valence-corrected chi connectivity index (χ0v) is 18.4. The molecule has 0 aliphatic carbocycles. The maximum Gasteiger partial charge on any atom is 0.245 e. The van der Waals surface area contributed by atoms with Crippen LogP contribution in [0.5, 0.6) is 17.2 Å². The summed E-state index contributed by atoms with van der Waals surface area (Å²) in [6.45, 7) is 4.30.